The van der Waals surface area contributed by atoms with Crippen molar-refractivity contribution >= 4 is 22.6 Å². The second kappa shape index (κ2) is 6.44. The van der Waals surface area contributed by atoms with Gasteiger partial charge in [0.25, 0.3) is 0 Å². The Bertz CT molecular complexity index is 69.1. The van der Waals surface area contributed by atoms with E-state index in [1.54, 1.807) is 0 Å². The Hall–Kier alpha value is 0.730. The standard InChI is InChI=1S/C9H19I/c1-4-5-6-7-9(10)8(2)3/h8-9H,4-7H2,1-3H3. The Morgan fingerprint density at radius 3 is 2.20 bits per heavy atom. The van der Waals surface area contributed by atoms with Crippen molar-refractivity contribution in [2.24, 2.45) is 5.92 Å². The molecule has 0 aromatic heterocycles. The average Bonchev–Trinajstić information content (AvgIpc) is 1.88. The summed E-state index contributed by atoms with van der Waals surface area (Å²) < 4.78 is 0.893. The van der Waals surface area contributed by atoms with Gasteiger partial charge in [-0.05, 0) is 12.3 Å². The lowest BCUT2D eigenvalue weighted by molar-refractivity contribution is 0.556. The van der Waals surface area contributed by atoms with E-state index in [2.05, 4.69) is 43.4 Å². The fraction of sp³-hybridized carbons (Fsp3) is 1.00. The molecule has 1 atom stereocenters. The van der Waals surface area contributed by atoms with Gasteiger partial charge >= 0.3 is 0 Å². The monoisotopic (exact) mass is 254 g/mol. The maximum Gasteiger partial charge on any atom is 0.0133 e. The van der Waals surface area contributed by atoms with Gasteiger partial charge in [0.15, 0.2) is 0 Å². The highest BCUT2D eigenvalue weighted by Crippen LogP contribution is 2.19. The zero-order valence-corrected chi connectivity index (χ0v) is 9.52. The highest BCUT2D eigenvalue weighted by atomic mass is 127. The first kappa shape index (κ1) is 10.7. The summed E-state index contributed by atoms with van der Waals surface area (Å²) in [7, 11) is 0. The lowest BCUT2D eigenvalue weighted by Crippen LogP contribution is -2.05. The molecule has 0 fully saturated rings. The molecule has 0 heterocycles. The molecule has 0 rings (SSSR count). The van der Waals surface area contributed by atoms with Crippen molar-refractivity contribution in [1.82, 2.24) is 0 Å². The van der Waals surface area contributed by atoms with Crippen LogP contribution in [0, 0.1) is 5.92 Å². The van der Waals surface area contributed by atoms with Gasteiger partial charge in [-0.1, -0.05) is 62.6 Å². The molecule has 10 heavy (non-hydrogen) atoms. The minimum Gasteiger partial charge on any atom is -0.0823 e. The molecule has 0 saturated heterocycles. The Morgan fingerprint density at radius 1 is 1.20 bits per heavy atom. The summed E-state index contributed by atoms with van der Waals surface area (Å²) in [6, 6.07) is 0. The van der Waals surface area contributed by atoms with E-state index in [1.165, 1.54) is 25.7 Å². The summed E-state index contributed by atoms with van der Waals surface area (Å²) in [6.45, 7) is 6.88. The van der Waals surface area contributed by atoms with Gasteiger partial charge < -0.3 is 0 Å². The quantitative estimate of drug-likeness (QED) is 0.395. The van der Waals surface area contributed by atoms with Crippen LogP contribution < -0.4 is 0 Å². The predicted octanol–water partition coefficient (Wildman–Crippen LogP) is 4.03. The molecule has 0 aromatic rings. The lowest BCUT2D eigenvalue weighted by Gasteiger charge is -2.12. The van der Waals surface area contributed by atoms with E-state index in [-0.39, 0.29) is 0 Å². The second-order valence-electron chi connectivity index (χ2n) is 3.26. The fourth-order valence-electron chi connectivity index (χ4n) is 0.923. The fourth-order valence-corrected chi connectivity index (χ4v) is 1.36. The van der Waals surface area contributed by atoms with Crippen LogP contribution >= 0.6 is 22.6 Å². The number of rotatable bonds is 5. The molecule has 62 valence electrons. The topological polar surface area (TPSA) is 0 Å². The molecule has 0 aliphatic rings. The largest absolute Gasteiger partial charge is 0.0823 e. The molecule has 0 spiro atoms. The van der Waals surface area contributed by atoms with Crippen molar-refractivity contribution in [1.29, 1.82) is 0 Å². The van der Waals surface area contributed by atoms with E-state index in [1.807, 2.05) is 0 Å². The highest BCUT2D eigenvalue weighted by molar-refractivity contribution is 14.1. The van der Waals surface area contributed by atoms with E-state index >= 15 is 0 Å². The normalized spacial score (nSPS) is 14.1. The molecule has 0 amide bonds. The van der Waals surface area contributed by atoms with Crippen LogP contribution in [0.5, 0.6) is 0 Å². The van der Waals surface area contributed by atoms with Gasteiger partial charge in [-0.2, -0.15) is 0 Å². The van der Waals surface area contributed by atoms with Gasteiger partial charge in [0, 0.05) is 3.92 Å². The minimum atomic E-state index is 0.859. The molecule has 1 heteroatoms. The maximum absolute atomic E-state index is 2.57. The summed E-state index contributed by atoms with van der Waals surface area (Å²) in [5, 5.41) is 0. The molecule has 0 saturated carbocycles. The number of hydrogen-bond donors (Lipinski definition) is 0. The molecule has 0 aromatic carbocycles. The van der Waals surface area contributed by atoms with Gasteiger partial charge in [0.05, 0.1) is 0 Å². The minimum absolute atomic E-state index is 0.859. The van der Waals surface area contributed by atoms with E-state index in [4.69, 9.17) is 0 Å². The van der Waals surface area contributed by atoms with Crippen molar-refractivity contribution in [2.45, 2.75) is 50.4 Å². The molecule has 0 aliphatic carbocycles. The van der Waals surface area contributed by atoms with E-state index in [9.17, 15) is 0 Å². The van der Waals surface area contributed by atoms with Crippen LogP contribution in [0.4, 0.5) is 0 Å². The SMILES string of the molecule is CCCCCC(I)C(C)C. The smallest absolute Gasteiger partial charge is 0.0133 e. The third kappa shape index (κ3) is 5.51. The van der Waals surface area contributed by atoms with Crippen LogP contribution in [0.25, 0.3) is 0 Å². The summed E-state index contributed by atoms with van der Waals surface area (Å²) in [4.78, 5) is 0. The van der Waals surface area contributed by atoms with Crippen LogP contribution in [-0.2, 0) is 0 Å². The molecule has 0 aliphatic heterocycles. The van der Waals surface area contributed by atoms with Crippen molar-refractivity contribution in [3.8, 4) is 0 Å². The molecule has 0 N–H and O–H groups in total. The number of unbranched alkanes of at least 4 members (excludes halogenated alkanes) is 2. The molecule has 0 radical (unpaired) electrons. The summed E-state index contributed by atoms with van der Waals surface area (Å²) in [5.74, 6) is 0.859. The number of hydrogen-bond acceptors (Lipinski definition) is 0. The maximum atomic E-state index is 2.57. The molecular formula is C9H19I. The van der Waals surface area contributed by atoms with Gasteiger partial charge in [0.1, 0.15) is 0 Å². The molecule has 1 unspecified atom stereocenters. The van der Waals surface area contributed by atoms with Crippen LogP contribution in [0.3, 0.4) is 0 Å². The van der Waals surface area contributed by atoms with E-state index in [0.29, 0.717) is 0 Å². The van der Waals surface area contributed by atoms with Gasteiger partial charge in [0.2, 0.25) is 0 Å². The predicted molar refractivity (Wildman–Crippen MR) is 56.8 cm³/mol. The Kier molecular flexibility index (Phi) is 6.91. The summed E-state index contributed by atoms with van der Waals surface area (Å²) in [5.41, 5.74) is 0. The molecule has 0 nitrogen and oxygen atoms in total. The summed E-state index contributed by atoms with van der Waals surface area (Å²) >= 11 is 2.57. The first-order chi connectivity index (χ1) is 4.68. The van der Waals surface area contributed by atoms with Crippen molar-refractivity contribution < 1.29 is 0 Å². The van der Waals surface area contributed by atoms with Crippen molar-refractivity contribution in [3.63, 3.8) is 0 Å². The third-order valence-electron chi connectivity index (χ3n) is 1.81. The van der Waals surface area contributed by atoms with Crippen LogP contribution in [0.1, 0.15) is 46.5 Å². The van der Waals surface area contributed by atoms with Crippen molar-refractivity contribution in [2.75, 3.05) is 0 Å². The van der Waals surface area contributed by atoms with Crippen molar-refractivity contribution in [3.05, 3.63) is 0 Å². The van der Waals surface area contributed by atoms with Crippen LogP contribution in [0.15, 0.2) is 0 Å². The first-order valence-electron chi connectivity index (χ1n) is 4.32. The Morgan fingerprint density at radius 2 is 1.80 bits per heavy atom. The highest BCUT2D eigenvalue weighted by Gasteiger charge is 2.06. The Balaban J connectivity index is 3.13. The van der Waals surface area contributed by atoms with Crippen LogP contribution in [0.2, 0.25) is 0 Å². The van der Waals surface area contributed by atoms with E-state index in [0.717, 1.165) is 9.84 Å². The lowest BCUT2D eigenvalue weighted by atomic mass is 10.0. The number of halogens is 1. The van der Waals surface area contributed by atoms with Gasteiger partial charge in [-0.3, -0.25) is 0 Å². The van der Waals surface area contributed by atoms with Gasteiger partial charge in [-0.25, -0.2) is 0 Å². The zero-order valence-electron chi connectivity index (χ0n) is 7.36. The summed E-state index contributed by atoms with van der Waals surface area (Å²) in [6.07, 6.45) is 5.59. The molecule has 0 bridgehead atoms. The Labute approximate surface area is 78.9 Å². The third-order valence-corrected chi connectivity index (χ3v) is 3.87. The second-order valence-corrected chi connectivity index (χ2v) is 4.86. The van der Waals surface area contributed by atoms with Crippen LogP contribution in [-0.4, -0.2) is 3.92 Å². The zero-order chi connectivity index (χ0) is 7.98. The number of alkyl halides is 1. The average molecular weight is 254 g/mol. The van der Waals surface area contributed by atoms with Gasteiger partial charge in [-0.15, -0.1) is 0 Å². The molecular weight excluding hydrogens is 235 g/mol. The van der Waals surface area contributed by atoms with E-state index < -0.39 is 0 Å². The first-order valence-corrected chi connectivity index (χ1v) is 5.57.